The van der Waals surface area contributed by atoms with Crippen LogP contribution in [0.3, 0.4) is 0 Å². The summed E-state index contributed by atoms with van der Waals surface area (Å²) >= 11 is 0. The molecule has 1 aliphatic heterocycles. The van der Waals surface area contributed by atoms with E-state index in [4.69, 9.17) is 5.73 Å². The van der Waals surface area contributed by atoms with Crippen molar-refractivity contribution in [3.05, 3.63) is 34.6 Å². The van der Waals surface area contributed by atoms with E-state index in [0.717, 1.165) is 42.7 Å². The zero-order valence-corrected chi connectivity index (χ0v) is 11.6. The molecular formula is C14H17N5O2. The van der Waals surface area contributed by atoms with Crippen LogP contribution in [0.15, 0.2) is 24.5 Å². The Hall–Kier alpha value is -2.28. The quantitative estimate of drug-likeness (QED) is 0.681. The average Bonchev–Trinajstić information content (AvgIpc) is 2.53. The Balaban J connectivity index is 2.04. The molecule has 1 aliphatic rings. The van der Waals surface area contributed by atoms with E-state index in [0.29, 0.717) is 12.5 Å². The van der Waals surface area contributed by atoms with E-state index in [1.165, 1.54) is 12.4 Å². The molecule has 1 atom stereocenters. The van der Waals surface area contributed by atoms with Crippen LogP contribution in [0, 0.1) is 16.0 Å². The summed E-state index contributed by atoms with van der Waals surface area (Å²) in [6.07, 6.45) is 3.69. The largest absolute Gasteiger partial charge is 0.356 e. The molecule has 7 nitrogen and oxygen atoms in total. The molecule has 1 unspecified atom stereocenters. The molecule has 0 saturated carbocycles. The smallest absolute Gasteiger partial charge is 0.270 e. The van der Waals surface area contributed by atoms with E-state index in [1.807, 2.05) is 0 Å². The van der Waals surface area contributed by atoms with E-state index in [9.17, 15) is 10.1 Å². The third-order valence-electron chi connectivity index (χ3n) is 3.96. The van der Waals surface area contributed by atoms with Gasteiger partial charge < -0.3 is 10.6 Å². The Morgan fingerprint density at radius 2 is 2.29 bits per heavy atom. The lowest BCUT2D eigenvalue weighted by molar-refractivity contribution is -0.384. The van der Waals surface area contributed by atoms with Crippen LogP contribution in [-0.4, -0.2) is 34.5 Å². The van der Waals surface area contributed by atoms with Gasteiger partial charge in [-0.2, -0.15) is 0 Å². The maximum atomic E-state index is 11.0. The summed E-state index contributed by atoms with van der Waals surface area (Å²) in [7, 11) is 0. The van der Waals surface area contributed by atoms with Crippen molar-refractivity contribution in [2.24, 2.45) is 11.7 Å². The molecule has 0 radical (unpaired) electrons. The van der Waals surface area contributed by atoms with Crippen LogP contribution in [0.1, 0.15) is 12.8 Å². The van der Waals surface area contributed by atoms with Gasteiger partial charge >= 0.3 is 0 Å². The third kappa shape index (κ3) is 2.64. The summed E-state index contributed by atoms with van der Waals surface area (Å²) < 4.78 is 0. The van der Waals surface area contributed by atoms with Gasteiger partial charge in [-0.15, -0.1) is 0 Å². The number of non-ortho nitro benzene ring substituents is 1. The molecule has 1 saturated heterocycles. The molecule has 1 aromatic heterocycles. The lowest BCUT2D eigenvalue weighted by Gasteiger charge is -2.33. The van der Waals surface area contributed by atoms with Crippen LogP contribution >= 0.6 is 0 Å². The van der Waals surface area contributed by atoms with E-state index >= 15 is 0 Å². The Morgan fingerprint density at radius 1 is 1.43 bits per heavy atom. The minimum Gasteiger partial charge on any atom is -0.356 e. The zero-order valence-electron chi connectivity index (χ0n) is 11.6. The highest BCUT2D eigenvalue weighted by atomic mass is 16.6. The minimum atomic E-state index is -0.394. The standard InChI is InChI=1S/C14H17N5O2/c15-7-10-2-1-5-18(8-10)14-12-6-11(19(20)21)3-4-13(12)16-9-17-14/h3-4,6,9-10H,1-2,5,7-8,15H2. The first-order chi connectivity index (χ1) is 10.2. The van der Waals surface area contributed by atoms with Crippen molar-refractivity contribution in [1.29, 1.82) is 0 Å². The van der Waals surface area contributed by atoms with E-state index < -0.39 is 4.92 Å². The van der Waals surface area contributed by atoms with Crippen LogP contribution in [0.25, 0.3) is 10.9 Å². The number of benzene rings is 1. The van der Waals surface area contributed by atoms with Crippen molar-refractivity contribution in [2.45, 2.75) is 12.8 Å². The topological polar surface area (TPSA) is 98.2 Å². The summed E-state index contributed by atoms with van der Waals surface area (Å²) in [5.74, 6) is 1.21. The van der Waals surface area contributed by atoms with E-state index in [2.05, 4.69) is 14.9 Å². The van der Waals surface area contributed by atoms with Crippen LogP contribution in [0.4, 0.5) is 11.5 Å². The van der Waals surface area contributed by atoms with Crippen molar-refractivity contribution in [1.82, 2.24) is 9.97 Å². The predicted molar refractivity (Wildman–Crippen MR) is 80.2 cm³/mol. The summed E-state index contributed by atoms with van der Waals surface area (Å²) in [6.45, 7) is 2.39. The number of aromatic nitrogens is 2. The molecule has 2 N–H and O–H groups in total. The number of piperidine rings is 1. The SMILES string of the molecule is NCC1CCCN(c2ncnc3ccc([N+](=O)[O-])cc23)C1. The molecule has 2 heterocycles. The summed E-state index contributed by atoms with van der Waals surface area (Å²) in [5, 5.41) is 11.7. The molecule has 3 rings (SSSR count). The number of rotatable bonds is 3. The highest BCUT2D eigenvalue weighted by molar-refractivity contribution is 5.91. The number of hydrogen-bond donors (Lipinski definition) is 1. The number of nitro benzene ring substituents is 1. The van der Waals surface area contributed by atoms with Gasteiger partial charge in [0.15, 0.2) is 0 Å². The van der Waals surface area contributed by atoms with Crippen molar-refractivity contribution < 1.29 is 4.92 Å². The lowest BCUT2D eigenvalue weighted by Crippen LogP contribution is -2.38. The number of nitrogens with zero attached hydrogens (tertiary/aromatic N) is 4. The maximum Gasteiger partial charge on any atom is 0.270 e. The number of nitro groups is 1. The molecule has 0 bridgehead atoms. The predicted octanol–water partition coefficient (Wildman–Crippen LogP) is 1.71. The summed E-state index contributed by atoms with van der Waals surface area (Å²) in [4.78, 5) is 21.3. The molecule has 0 aliphatic carbocycles. The Bertz CT molecular complexity index is 675. The van der Waals surface area contributed by atoms with Crippen molar-refractivity contribution in [3.63, 3.8) is 0 Å². The maximum absolute atomic E-state index is 11.0. The Kier molecular flexibility index (Phi) is 3.66. The van der Waals surface area contributed by atoms with Crippen molar-refractivity contribution in [2.75, 3.05) is 24.5 Å². The number of hydrogen-bond acceptors (Lipinski definition) is 6. The van der Waals surface area contributed by atoms with Crippen molar-refractivity contribution >= 4 is 22.4 Å². The Labute approximate surface area is 121 Å². The normalized spacial score (nSPS) is 18.9. The first-order valence-electron chi connectivity index (χ1n) is 7.03. The highest BCUT2D eigenvalue weighted by Crippen LogP contribution is 2.29. The zero-order chi connectivity index (χ0) is 14.8. The fourth-order valence-electron chi connectivity index (χ4n) is 2.85. The number of anilines is 1. The number of nitrogens with two attached hydrogens (primary N) is 1. The lowest BCUT2D eigenvalue weighted by atomic mass is 9.98. The fourth-order valence-corrected chi connectivity index (χ4v) is 2.85. The second-order valence-corrected chi connectivity index (χ2v) is 5.35. The third-order valence-corrected chi connectivity index (χ3v) is 3.96. The molecule has 0 amide bonds. The van der Waals surface area contributed by atoms with E-state index in [-0.39, 0.29) is 5.69 Å². The second-order valence-electron chi connectivity index (χ2n) is 5.35. The van der Waals surface area contributed by atoms with Crippen LogP contribution in [-0.2, 0) is 0 Å². The van der Waals surface area contributed by atoms with Crippen LogP contribution in [0.5, 0.6) is 0 Å². The van der Waals surface area contributed by atoms with Gasteiger partial charge in [-0.1, -0.05) is 0 Å². The monoisotopic (exact) mass is 287 g/mol. The molecule has 7 heteroatoms. The molecule has 110 valence electrons. The van der Waals surface area contributed by atoms with Gasteiger partial charge in [0.1, 0.15) is 12.1 Å². The minimum absolute atomic E-state index is 0.0611. The van der Waals surface area contributed by atoms with Gasteiger partial charge in [-0.3, -0.25) is 10.1 Å². The Morgan fingerprint density at radius 3 is 3.05 bits per heavy atom. The number of fused-ring (bicyclic) bond motifs is 1. The first kappa shape index (κ1) is 13.7. The van der Waals surface area contributed by atoms with Gasteiger partial charge in [0, 0.05) is 30.6 Å². The fraction of sp³-hybridized carbons (Fsp3) is 0.429. The van der Waals surface area contributed by atoms with Crippen LogP contribution < -0.4 is 10.6 Å². The van der Waals surface area contributed by atoms with E-state index in [1.54, 1.807) is 12.1 Å². The van der Waals surface area contributed by atoms with Gasteiger partial charge in [-0.25, -0.2) is 9.97 Å². The highest BCUT2D eigenvalue weighted by Gasteiger charge is 2.22. The molecule has 0 spiro atoms. The molecular weight excluding hydrogens is 270 g/mol. The van der Waals surface area contributed by atoms with Gasteiger partial charge in [0.05, 0.1) is 10.4 Å². The average molecular weight is 287 g/mol. The van der Waals surface area contributed by atoms with Crippen LogP contribution in [0.2, 0.25) is 0 Å². The molecule has 1 aromatic carbocycles. The van der Waals surface area contributed by atoms with Gasteiger partial charge in [-0.05, 0) is 31.4 Å². The summed E-state index contributed by atoms with van der Waals surface area (Å²) in [5.41, 5.74) is 6.56. The first-order valence-corrected chi connectivity index (χ1v) is 7.03. The molecule has 1 fully saturated rings. The molecule has 2 aromatic rings. The van der Waals surface area contributed by atoms with Gasteiger partial charge in [0.25, 0.3) is 5.69 Å². The second kappa shape index (κ2) is 5.61. The molecule has 21 heavy (non-hydrogen) atoms. The van der Waals surface area contributed by atoms with Crippen molar-refractivity contribution in [3.8, 4) is 0 Å². The van der Waals surface area contributed by atoms with Gasteiger partial charge in [0.2, 0.25) is 0 Å². The summed E-state index contributed by atoms with van der Waals surface area (Å²) in [6, 6.07) is 4.69.